The standard InChI is InChI=1S/C23H25N3O3S/c1-16(2)20-15-30-23(25-20)26-22(28)18-10-8-17(9-11-18)14-24-21(27)12-13-29-19-6-4-3-5-7-19/h3-11,15-16H,12-14H2,1-2H3,(H,24,27)(H,25,26,28). The van der Waals surface area contributed by atoms with Crippen molar-refractivity contribution in [2.45, 2.75) is 32.7 Å². The minimum Gasteiger partial charge on any atom is -0.493 e. The molecule has 2 amide bonds. The first-order chi connectivity index (χ1) is 14.5. The Hall–Kier alpha value is -3.19. The van der Waals surface area contributed by atoms with Gasteiger partial charge >= 0.3 is 0 Å². The third-order valence-electron chi connectivity index (χ3n) is 4.38. The van der Waals surface area contributed by atoms with E-state index in [1.54, 1.807) is 12.1 Å². The van der Waals surface area contributed by atoms with Gasteiger partial charge in [-0.2, -0.15) is 0 Å². The largest absolute Gasteiger partial charge is 0.493 e. The van der Waals surface area contributed by atoms with E-state index in [4.69, 9.17) is 4.74 Å². The summed E-state index contributed by atoms with van der Waals surface area (Å²) in [7, 11) is 0. The molecule has 1 heterocycles. The molecule has 0 saturated carbocycles. The number of anilines is 1. The number of rotatable bonds is 9. The van der Waals surface area contributed by atoms with Gasteiger partial charge in [-0.25, -0.2) is 4.98 Å². The summed E-state index contributed by atoms with van der Waals surface area (Å²) in [6.45, 7) is 4.85. The van der Waals surface area contributed by atoms with Crippen molar-refractivity contribution in [1.29, 1.82) is 0 Å². The number of benzene rings is 2. The molecule has 0 spiro atoms. The molecule has 0 fully saturated rings. The van der Waals surface area contributed by atoms with Crippen molar-refractivity contribution in [3.05, 3.63) is 76.8 Å². The molecule has 1 aromatic heterocycles. The Morgan fingerprint density at radius 1 is 1.07 bits per heavy atom. The van der Waals surface area contributed by atoms with Crippen molar-refractivity contribution < 1.29 is 14.3 Å². The highest BCUT2D eigenvalue weighted by Gasteiger charge is 2.11. The number of amides is 2. The van der Waals surface area contributed by atoms with Gasteiger partial charge in [-0.05, 0) is 35.7 Å². The first-order valence-electron chi connectivity index (χ1n) is 9.81. The van der Waals surface area contributed by atoms with Crippen LogP contribution in [-0.2, 0) is 11.3 Å². The molecular weight excluding hydrogens is 398 g/mol. The van der Waals surface area contributed by atoms with E-state index in [-0.39, 0.29) is 18.2 Å². The van der Waals surface area contributed by atoms with E-state index in [0.29, 0.717) is 29.8 Å². The molecule has 6 nitrogen and oxygen atoms in total. The van der Waals surface area contributed by atoms with Crippen LogP contribution in [0.25, 0.3) is 0 Å². The SMILES string of the molecule is CC(C)c1csc(NC(=O)c2ccc(CNC(=O)CCOc3ccccc3)cc2)n1. The van der Waals surface area contributed by atoms with Gasteiger partial charge in [0.2, 0.25) is 5.91 Å². The van der Waals surface area contributed by atoms with E-state index in [2.05, 4.69) is 29.5 Å². The minimum absolute atomic E-state index is 0.0857. The zero-order valence-electron chi connectivity index (χ0n) is 17.1. The van der Waals surface area contributed by atoms with Crippen molar-refractivity contribution in [2.24, 2.45) is 0 Å². The maximum Gasteiger partial charge on any atom is 0.257 e. The van der Waals surface area contributed by atoms with E-state index in [0.717, 1.165) is 17.0 Å². The van der Waals surface area contributed by atoms with E-state index in [1.807, 2.05) is 47.8 Å². The molecule has 0 atom stereocenters. The molecule has 7 heteroatoms. The fraction of sp³-hybridized carbons (Fsp3) is 0.261. The highest BCUT2D eigenvalue weighted by atomic mass is 32.1. The van der Waals surface area contributed by atoms with E-state index >= 15 is 0 Å². The van der Waals surface area contributed by atoms with Gasteiger partial charge in [0.05, 0.1) is 18.7 Å². The molecule has 0 bridgehead atoms. The van der Waals surface area contributed by atoms with E-state index in [9.17, 15) is 9.59 Å². The van der Waals surface area contributed by atoms with Crippen LogP contribution in [0.5, 0.6) is 5.75 Å². The molecule has 2 N–H and O–H groups in total. The van der Waals surface area contributed by atoms with Crippen molar-refractivity contribution in [3.63, 3.8) is 0 Å². The summed E-state index contributed by atoms with van der Waals surface area (Å²) in [5.74, 6) is 0.787. The molecule has 0 unspecified atom stereocenters. The Morgan fingerprint density at radius 2 is 1.80 bits per heavy atom. The Bertz CT molecular complexity index is 969. The summed E-state index contributed by atoms with van der Waals surface area (Å²) >= 11 is 1.42. The molecular formula is C23H25N3O3S. The second-order valence-corrected chi connectivity index (χ2v) is 7.93. The molecule has 0 aliphatic carbocycles. The Kier molecular flexibility index (Phi) is 7.57. The monoisotopic (exact) mass is 423 g/mol. The zero-order valence-corrected chi connectivity index (χ0v) is 17.9. The Labute approximate surface area is 180 Å². The van der Waals surface area contributed by atoms with Crippen LogP contribution in [-0.4, -0.2) is 23.4 Å². The smallest absolute Gasteiger partial charge is 0.257 e. The molecule has 30 heavy (non-hydrogen) atoms. The number of carbonyl (C=O) groups is 2. The second kappa shape index (κ2) is 10.5. The number of hydrogen-bond donors (Lipinski definition) is 2. The van der Waals surface area contributed by atoms with Crippen LogP contribution in [0.15, 0.2) is 60.0 Å². The summed E-state index contributed by atoms with van der Waals surface area (Å²) in [5, 5.41) is 8.23. The lowest BCUT2D eigenvalue weighted by molar-refractivity contribution is -0.121. The van der Waals surface area contributed by atoms with Gasteiger partial charge in [0.1, 0.15) is 5.75 Å². The third-order valence-corrected chi connectivity index (χ3v) is 5.16. The fourth-order valence-corrected chi connectivity index (χ4v) is 3.49. The van der Waals surface area contributed by atoms with Crippen LogP contribution in [0.4, 0.5) is 5.13 Å². The maximum atomic E-state index is 12.4. The molecule has 2 aromatic carbocycles. The van der Waals surface area contributed by atoms with Gasteiger partial charge < -0.3 is 10.1 Å². The lowest BCUT2D eigenvalue weighted by Gasteiger charge is -2.08. The highest BCUT2D eigenvalue weighted by Crippen LogP contribution is 2.22. The molecule has 3 aromatic rings. The van der Waals surface area contributed by atoms with E-state index < -0.39 is 0 Å². The Morgan fingerprint density at radius 3 is 2.47 bits per heavy atom. The average Bonchev–Trinajstić information content (AvgIpc) is 3.22. The van der Waals surface area contributed by atoms with E-state index in [1.165, 1.54) is 11.3 Å². The summed E-state index contributed by atoms with van der Waals surface area (Å²) in [6.07, 6.45) is 0.279. The molecule has 0 aliphatic rings. The van der Waals surface area contributed by atoms with Crippen molar-refractivity contribution in [2.75, 3.05) is 11.9 Å². The number of aromatic nitrogens is 1. The molecule has 3 rings (SSSR count). The van der Waals surface area contributed by atoms with Gasteiger partial charge in [-0.15, -0.1) is 11.3 Å². The first-order valence-corrected chi connectivity index (χ1v) is 10.7. The number of ether oxygens (including phenoxy) is 1. The van der Waals surface area contributed by atoms with Crippen molar-refractivity contribution in [1.82, 2.24) is 10.3 Å². The average molecular weight is 424 g/mol. The quantitative estimate of drug-likeness (QED) is 0.527. The molecule has 0 saturated heterocycles. The molecule has 0 aliphatic heterocycles. The van der Waals surface area contributed by atoms with Gasteiger partial charge in [-0.1, -0.05) is 44.2 Å². The highest BCUT2D eigenvalue weighted by molar-refractivity contribution is 7.14. The van der Waals surface area contributed by atoms with Crippen LogP contribution in [0, 0.1) is 0 Å². The van der Waals surface area contributed by atoms with Gasteiger partial charge in [0, 0.05) is 17.5 Å². The fourth-order valence-electron chi connectivity index (χ4n) is 2.62. The number of hydrogen-bond acceptors (Lipinski definition) is 5. The minimum atomic E-state index is -0.201. The first kappa shape index (κ1) is 21.5. The second-order valence-electron chi connectivity index (χ2n) is 7.07. The number of thiazole rings is 1. The summed E-state index contributed by atoms with van der Waals surface area (Å²) < 4.78 is 5.52. The number of nitrogens with zero attached hydrogens (tertiary/aromatic N) is 1. The van der Waals surface area contributed by atoms with Crippen molar-refractivity contribution >= 4 is 28.3 Å². The van der Waals surface area contributed by atoms with Crippen LogP contribution in [0.2, 0.25) is 0 Å². The summed E-state index contributed by atoms with van der Waals surface area (Å²) in [5.41, 5.74) is 2.43. The van der Waals surface area contributed by atoms with Gasteiger partial charge in [0.25, 0.3) is 5.91 Å². The van der Waals surface area contributed by atoms with Crippen LogP contribution in [0.1, 0.15) is 47.8 Å². The normalized spacial score (nSPS) is 10.6. The number of para-hydroxylation sites is 1. The summed E-state index contributed by atoms with van der Waals surface area (Å²) in [6, 6.07) is 16.5. The van der Waals surface area contributed by atoms with Crippen LogP contribution >= 0.6 is 11.3 Å². The molecule has 156 valence electrons. The van der Waals surface area contributed by atoms with Gasteiger partial charge in [0.15, 0.2) is 5.13 Å². The topological polar surface area (TPSA) is 80.3 Å². The maximum absolute atomic E-state index is 12.4. The Balaban J connectivity index is 1.42. The molecule has 0 radical (unpaired) electrons. The van der Waals surface area contributed by atoms with Crippen molar-refractivity contribution in [3.8, 4) is 5.75 Å². The van der Waals surface area contributed by atoms with Crippen LogP contribution < -0.4 is 15.4 Å². The van der Waals surface area contributed by atoms with Crippen LogP contribution in [0.3, 0.4) is 0 Å². The van der Waals surface area contributed by atoms with Gasteiger partial charge in [-0.3, -0.25) is 14.9 Å². The number of nitrogens with one attached hydrogen (secondary N) is 2. The predicted octanol–water partition coefficient (Wildman–Crippen LogP) is 4.60. The summed E-state index contributed by atoms with van der Waals surface area (Å²) in [4.78, 5) is 28.8. The zero-order chi connectivity index (χ0) is 21.3. The lowest BCUT2D eigenvalue weighted by Crippen LogP contribution is -2.24. The predicted molar refractivity (Wildman–Crippen MR) is 119 cm³/mol. The number of carbonyl (C=O) groups excluding carboxylic acids is 2. The third kappa shape index (κ3) is 6.42. The lowest BCUT2D eigenvalue weighted by atomic mass is 10.1.